The third-order valence-corrected chi connectivity index (χ3v) is 7.56. The third kappa shape index (κ3) is 9.38. The van der Waals surface area contributed by atoms with E-state index in [1.54, 1.807) is 18.3 Å². The molecule has 0 saturated heterocycles. The van der Waals surface area contributed by atoms with Crippen molar-refractivity contribution in [2.24, 2.45) is 0 Å². The van der Waals surface area contributed by atoms with E-state index < -0.39 is 10.2 Å². The number of unbranched alkanes of at least 4 members (excludes halogenated alkanes) is 2. The van der Waals surface area contributed by atoms with E-state index in [1.807, 2.05) is 36.5 Å². The molecule has 4 aromatic rings. The summed E-state index contributed by atoms with van der Waals surface area (Å²) in [7, 11) is -4.94. The minimum Gasteiger partial charge on any atom is -0.385 e. The van der Waals surface area contributed by atoms with Gasteiger partial charge >= 0.3 is 0 Å². The van der Waals surface area contributed by atoms with Crippen LogP contribution < -0.4 is 24.0 Å². The summed E-state index contributed by atoms with van der Waals surface area (Å²) in [5, 5.41) is 3.61. The summed E-state index contributed by atoms with van der Waals surface area (Å²) in [6.07, 6.45) is 11.0. The molecular weight excluding hydrogens is 583 g/mol. The molecule has 3 heterocycles. The Morgan fingerprint density at radius 2 is 1.57 bits per heavy atom. The first-order valence-electron chi connectivity index (χ1n) is 14.9. The third-order valence-electron chi connectivity index (χ3n) is 7.56. The molecule has 1 N–H and O–H groups in total. The van der Waals surface area contributed by atoms with Crippen molar-refractivity contribution in [3.63, 3.8) is 0 Å². The molecule has 0 radical (unpaired) electrons. The van der Waals surface area contributed by atoms with E-state index in [0.717, 1.165) is 67.0 Å². The summed E-state index contributed by atoms with van der Waals surface area (Å²) in [6, 6.07) is 24.0. The number of fused-ring (bicyclic) bond motifs is 1. The fourth-order valence-corrected chi connectivity index (χ4v) is 5.60. The van der Waals surface area contributed by atoms with Gasteiger partial charge in [0.15, 0.2) is 12.3 Å². The molecule has 0 fully saturated rings. The smallest absolute Gasteiger partial charge is 0.190 e. The summed E-state index contributed by atoms with van der Waals surface area (Å²) in [6.45, 7) is 6.30. The van der Waals surface area contributed by atoms with E-state index in [-0.39, 0.29) is 17.8 Å². The van der Waals surface area contributed by atoms with E-state index in [0.29, 0.717) is 6.42 Å². The van der Waals surface area contributed by atoms with Crippen LogP contribution in [0.1, 0.15) is 85.1 Å². The molecule has 5 rings (SSSR count). The maximum Gasteiger partial charge on any atom is 0.190 e. The zero-order chi connectivity index (χ0) is 31.5. The average Bonchev–Trinajstić information content (AvgIpc) is 3.00. The zero-order valence-electron chi connectivity index (χ0n) is 25.0. The van der Waals surface area contributed by atoms with Gasteiger partial charge in [0.1, 0.15) is 12.4 Å². The van der Waals surface area contributed by atoms with Gasteiger partial charge in [-0.15, -0.1) is 10.2 Å². The molecule has 0 spiro atoms. The van der Waals surface area contributed by atoms with Crippen LogP contribution in [0.4, 0.5) is 10.1 Å². The van der Waals surface area contributed by atoms with Crippen molar-refractivity contribution in [3.8, 4) is 0 Å². The number of nitrogens with zero attached hydrogens (tertiary/aromatic N) is 3. The van der Waals surface area contributed by atoms with Crippen molar-refractivity contribution < 1.29 is 37.8 Å². The molecule has 0 amide bonds. The van der Waals surface area contributed by atoms with Crippen LogP contribution in [0.2, 0.25) is 0 Å². The van der Waals surface area contributed by atoms with Crippen LogP contribution in [0.15, 0.2) is 85.2 Å². The van der Waals surface area contributed by atoms with Gasteiger partial charge in [-0.1, -0.05) is 38.8 Å². The second-order valence-electron chi connectivity index (χ2n) is 10.7. The molecule has 0 aliphatic carbocycles. The summed E-state index contributed by atoms with van der Waals surface area (Å²) >= 11 is 0. The van der Waals surface area contributed by atoms with Crippen molar-refractivity contribution in [1.29, 1.82) is 0 Å². The Labute approximate surface area is 260 Å². The fourth-order valence-electron chi connectivity index (χ4n) is 5.60. The first-order chi connectivity index (χ1) is 21.2. The fraction of sp³-hybridized carbons (Fsp3) is 0.324. The van der Waals surface area contributed by atoms with Gasteiger partial charge in [0, 0.05) is 54.3 Å². The van der Waals surface area contributed by atoms with Gasteiger partial charge in [0.05, 0.1) is 11.6 Å². The minimum absolute atomic E-state index is 0.0103. The Morgan fingerprint density at radius 3 is 2.23 bits per heavy atom. The predicted octanol–water partition coefficient (Wildman–Crippen LogP) is 2.78. The number of nitrogens with one attached hydrogen (secondary N) is 1. The number of benzene rings is 2. The van der Waals surface area contributed by atoms with Crippen molar-refractivity contribution in [3.05, 3.63) is 125 Å². The van der Waals surface area contributed by atoms with Crippen molar-refractivity contribution in [2.75, 3.05) is 18.4 Å². The van der Waals surface area contributed by atoms with Gasteiger partial charge in [0.25, 0.3) is 0 Å². The Bertz CT molecular complexity index is 1510. The highest BCUT2D eigenvalue weighted by atomic mass is 35.7. The summed E-state index contributed by atoms with van der Waals surface area (Å²) in [4.78, 5) is 9.44. The van der Waals surface area contributed by atoms with E-state index >= 15 is 0 Å². The Kier molecular flexibility index (Phi) is 11.9. The molecule has 10 heteroatoms. The number of halogens is 2. The quantitative estimate of drug-likeness (QED) is 0.201. The molecule has 1 aliphatic rings. The molecule has 8 nitrogen and oxygen atoms in total. The van der Waals surface area contributed by atoms with Gasteiger partial charge in [-0.05, 0) is 78.2 Å². The number of aromatic nitrogens is 2. The van der Waals surface area contributed by atoms with Crippen LogP contribution in [-0.4, -0.2) is 33.8 Å². The van der Waals surface area contributed by atoms with Crippen LogP contribution in [0.5, 0.6) is 0 Å². The molecule has 0 unspecified atom stereocenters. The molecule has 2 aromatic heterocycles. The topological polar surface area (TPSA) is 133 Å². The molecule has 2 aromatic carbocycles. The molecule has 232 valence electrons. The summed E-state index contributed by atoms with van der Waals surface area (Å²) in [5.74, 6) is -0.231. The maximum atomic E-state index is 14.7. The van der Waals surface area contributed by atoms with Crippen molar-refractivity contribution >= 4 is 11.9 Å². The zero-order valence-corrected chi connectivity index (χ0v) is 25.8. The van der Waals surface area contributed by atoms with E-state index in [4.69, 9.17) is 23.6 Å². The van der Waals surface area contributed by atoms with Gasteiger partial charge in [-0.3, -0.25) is 9.97 Å². The van der Waals surface area contributed by atoms with Gasteiger partial charge in [0.2, 0.25) is 0 Å². The highest BCUT2D eigenvalue weighted by molar-refractivity contribution is 5.81. The SMILES string of the molecule is CCCCNc1ccc2c(c1)[C@@H](c1ccccn1)[C@H](c1ccc(F)cc1Cc1ccccn1)[N+](CCCC)=C2.[O-][Cl+3]([O-])([O-])[O-]. The van der Waals surface area contributed by atoms with Crippen LogP contribution in [0.3, 0.4) is 0 Å². The Balaban J connectivity index is 0.000000818. The molecule has 0 bridgehead atoms. The molecular formula is C34H38ClFN4O4. The van der Waals surface area contributed by atoms with Crippen molar-refractivity contribution in [1.82, 2.24) is 9.97 Å². The Morgan fingerprint density at radius 1 is 0.841 bits per heavy atom. The number of rotatable bonds is 11. The summed E-state index contributed by atoms with van der Waals surface area (Å²) < 4.78 is 51.1. The van der Waals surface area contributed by atoms with E-state index in [1.165, 1.54) is 11.1 Å². The van der Waals surface area contributed by atoms with Gasteiger partial charge in [-0.25, -0.2) is 27.6 Å². The number of pyridine rings is 2. The standard InChI is InChI=1S/C34H37FN4.ClHO4/c1-3-5-17-36-29-15-13-25-24-39(20-6-4-2)34(33(31(25)23-29)32-12-8-10-19-38-32)30-16-14-27(35)21-26(30)22-28-11-7-9-18-37-28;2-1(3,4)5/h7-16,18-19,21,23-24,33-34H,3-6,17,20,22H2,1-2H3;(H,2,3,4,5)/t33-,34-;/m0./s1. The van der Waals surface area contributed by atoms with Crippen LogP contribution in [0, 0.1) is 16.1 Å². The number of anilines is 1. The van der Waals surface area contributed by atoms with Crippen molar-refractivity contribution in [2.45, 2.75) is 57.9 Å². The van der Waals surface area contributed by atoms with Crippen LogP contribution >= 0.6 is 0 Å². The second-order valence-corrected chi connectivity index (χ2v) is 11.5. The Hall–Kier alpha value is -3.73. The number of hydrogen-bond donors (Lipinski definition) is 1. The molecule has 1 aliphatic heterocycles. The molecule has 2 atom stereocenters. The minimum atomic E-state index is -4.94. The first kappa shape index (κ1) is 33.2. The first-order valence-corrected chi connectivity index (χ1v) is 16.1. The molecule has 0 saturated carbocycles. The lowest BCUT2D eigenvalue weighted by atomic mass is 9.77. The average molecular weight is 621 g/mol. The highest BCUT2D eigenvalue weighted by Gasteiger charge is 2.41. The highest BCUT2D eigenvalue weighted by Crippen LogP contribution is 2.44. The maximum absolute atomic E-state index is 14.7. The van der Waals surface area contributed by atoms with E-state index in [2.05, 4.69) is 65.3 Å². The van der Waals surface area contributed by atoms with Gasteiger partial charge < -0.3 is 5.32 Å². The van der Waals surface area contributed by atoms with Crippen LogP contribution in [0.25, 0.3) is 0 Å². The predicted molar refractivity (Wildman–Crippen MR) is 157 cm³/mol. The molecule has 44 heavy (non-hydrogen) atoms. The van der Waals surface area contributed by atoms with Crippen LogP contribution in [-0.2, 0) is 6.42 Å². The monoisotopic (exact) mass is 620 g/mol. The summed E-state index contributed by atoms with van der Waals surface area (Å²) in [5.41, 5.74) is 7.65. The van der Waals surface area contributed by atoms with Gasteiger partial charge in [-0.2, -0.15) is 0 Å². The van der Waals surface area contributed by atoms with E-state index in [9.17, 15) is 4.39 Å². The lowest BCUT2D eigenvalue weighted by Crippen LogP contribution is -2.68. The second kappa shape index (κ2) is 15.8. The lowest BCUT2D eigenvalue weighted by Gasteiger charge is -2.32. The largest absolute Gasteiger partial charge is 0.385 e. The lowest BCUT2D eigenvalue weighted by molar-refractivity contribution is -2.00. The number of hydrogen-bond acceptors (Lipinski definition) is 7. The normalized spacial score (nSPS) is 15.9.